The van der Waals surface area contributed by atoms with Crippen molar-refractivity contribution in [3.63, 3.8) is 0 Å². The van der Waals surface area contributed by atoms with Crippen molar-refractivity contribution in [1.82, 2.24) is 19.7 Å². The van der Waals surface area contributed by atoms with E-state index in [-0.39, 0.29) is 18.3 Å². The van der Waals surface area contributed by atoms with Crippen molar-refractivity contribution in [2.24, 2.45) is 7.05 Å². The van der Waals surface area contributed by atoms with Crippen LogP contribution in [0.4, 0.5) is 4.39 Å². The highest BCUT2D eigenvalue weighted by Gasteiger charge is 2.28. The molecule has 0 saturated carbocycles. The highest BCUT2D eigenvalue weighted by atomic mass is 19.1. The summed E-state index contributed by atoms with van der Waals surface area (Å²) in [6, 6.07) is 14.7. The van der Waals surface area contributed by atoms with Crippen molar-refractivity contribution in [2.75, 3.05) is 0 Å². The Morgan fingerprint density at radius 1 is 1.11 bits per heavy atom. The topological polar surface area (TPSA) is 51.0 Å². The van der Waals surface area contributed by atoms with Gasteiger partial charge in [0, 0.05) is 49.0 Å². The maximum Gasteiger partial charge on any atom is 0.273 e. The van der Waals surface area contributed by atoms with Crippen LogP contribution in [-0.4, -0.2) is 25.6 Å². The van der Waals surface area contributed by atoms with Crippen LogP contribution in [-0.2, 0) is 20.1 Å². The molecule has 3 heterocycles. The van der Waals surface area contributed by atoms with E-state index in [1.807, 2.05) is 49.6 Å². The minimum atomic E-state index is -0.324. The molecule has 0 fully saturated rings. The van der Waals surface area contributed by atoms with Gasteiger partial charge in [0.15, 0.2) is 0 Å². The fourth-order valence-corrected chi connectivity index (χ4v) is 3.69. The van der Waals surface area contributed by atoms with E-state index in [4.69, 9.17) is 0 Å². The molecule has 1 aliphatic heterocycles. The second-order valence-corrected chi connectivity index (χ2v) is 7.05. The average molecular weight is 372 g/mol. The summed E-state index contributed by atoms with van der Waals surface area (Å²) < 4.78 is 16.6. The molecule has 2 aromatic heterocycles. The van der Waals surface area contributed by atoms with Crippen molar-refractivity contribution in [3.05, 3.63) is 83.6 Å². The molecule has 0 radical (unpaired) electrons. The zero-order valence-electron chi connectivity index (χ0n) is 15.3. The number of amides is 1. The third kappa shape index (κ3) is 2.74. The van der Waals surface area contributed by atoms with E-state index in [0.29, 0.717) is 17.8 Å². The number of hydrogen-bond acceptors (Lipinski definition) is 3. The van der Waals surface area contributed by atoms with Gasteiger partial charge in [-0.2, -0.15) is 5.10 Å². The molecule has 0 bridgehead atoms. The molecular formula is C22H17FN4O. The summed E-state index contributed by atoms with van der Waals surface area (Å²) in [6.07, 6.45) is 3.55. The molecule has 28 heavy (non-hydrogen) atoms. The van der Waals surface area contributed by atoms with Gasteiger partial charge in [-0.1, -0.05) is 30.3 Å². The van der Waals surface area contributed by atoms with E-state index < -0.39 is 0 Å². The molecule has 138 valence electrons. The first-order valence-corrected chi connectivity index (χ1v) is 9.04. The van der Waals surface area contributed by atoms with Crippen molar-refractivity contribution < 1.29 is 9.18 Å². The van der Waals surface area contributed by atoms with Gasteiger partial charge < -0.3 is 4.90 Å². The summed E-state index contributed by atoms with van der Waals surface area (Å²) in [5.41, 5.74) is 4.40. The monoisotopic (exact) mass is 372 g/mol. The second-order valence-electron chi connectivity index (χ2n) is 7.05. The molecule has 0 aliphatic carbocycles. The number of pyridine rings is 1. The molecular weight excluding hydrogens is 355 g/mol. The molecule has 1 aliphatic rings. The lowest BCUT2D eigenvalue weighted by molar-refractivity contribution is 0.0761. The van der Waals surface area contributed by atoms with Gasteiger partial charge in [-0.05, 0) is 29.3 Å². The van der Waals surface area contributed by atoms with Gasteiger partial charge in [0.25, 0.3) is 5.91 Å². The van der Waals surface area contributed by atoms with Crippen molar-refractivity contribution >= 4 is 16.8 Å². The van der Waals surface area contributed by atoms with Crippen molar-refractivity contribution in [3.8, 4) is 11.1 Å². The highest BCUT2D eigenvalue weighted by Crippen LogP contribution is 2.27. The Morgan fingerprint density at radius 3 is 2.75 bits per heavy atom. The normalized spacial score (nSPS) is 13.4. The average Bonchev–Trinajstić information content (AvgIpc) is 3.22. The molecule has 5 rings (SSSR count). The van der Waals surface area contributed by atoms with Gasteiger partial charge in [0.2, 0.25) is 0 Å². The Kier molecular flexibility index (Phi) is 3.72. The van der Waals surface area contributed by atoms with Crippen LogP contribution in [0.1, 0.15) is 21.6 Å². The molecule has 6 heteroatoms. The molecule has 0 saturated heterocycles. The number of hydrogen-bond donors (Lipinski definition) is 0. The molecule has 0 N–H and O–H groups in total. The second kappa shape index (κ2) is 6.27. The lowest BCUT2D eigenvalue weighted by Gasteiger charge is -2.16. The van der Waals surface area contributed by atoms with Gasteiger partial charge in [-0.3, -0.25) is 14.5 Å². The molecule has 0 unspecified atom stereocenters. The minimum absolute atomic E-state index is 0.153. The zero-order chi connectivity index (χ0) is 19.3. The third-order valence-corrected chi connectivity index (χ3v) is 5.11. The highest BCUT2D eigenvalue weighted by molar-refractivity contribution is 5.96. The molecule has 0 atom stereocenters. The van der Waals surface area contributed by atoms with Crippen molar-refractivity contribution in [1.29, 1.82) is 0 Å². The van der Waals surface area contributed by atoms with Gasteiger partial charge in [0.05, 0.1) is 5.52 Å². The molecule has 5 nitrogen and oxygen atoms in total. The number of carbonyl (C=O) groups is 1. The minimum Gasteiger partial charge on any atom is -0.328 e. The van der Waals surface area contributed by atoms with Crippen LogP contribution in [0.5, 0.6) is 0 Å². The van der Waals surface area contributed by atoms with E-state index in [1.165, 1.54) is 6.07 Å². The predicted molar refractivity (Wildman–Crippen MR) is 104 cm³/mol. The number of carbonyl (C=O) groups excluding carboxylic acids is 1. The number of fused-ring (bicyclic) bond motifs is 2. The Labute approximate surface area is 161 Å². The quantitative estimate of drug-likeness (QED) is 0.548. The number of halogens is 1. The Bertz CT molecular complexity index is 1230. The number of aryl methyl sites for hydroxylation is 1. The van der Waals surface area contributed by atoms with Crippen LogP contribution in [0.2, 0.25) is 0 Å². The van der Waals surface area contributed by atoms with Crippen LogP contribution in [0.3, 0.4) is 0 Å². The largest absolute Gasteiger partial charge is 0.328 e. The van der Waals surface area contributed by atoms with Gasteiger partial charge in [0.1, 0.15) is 11.5 Å². The summed E-state index contributed by atoms with van der Waals surface area (Å²) in [5, 5.41) is 5.45. The number of rotatable bonds is 3. The first-order valence-electron chi connectivity index (χ1n) is 9.04. The Balaban J connectivity index is 1.41. The summed E-state index contributed by atoms with van der Waals surface area (Å²) in [5.74, 6) is -0.477. The van der Waals surface area contributed by atoms with E-state index in [9.17, 15) is 9.18 Å². The van der Waals surface area contributed by atoms with Gasteiger partial charge >= 0.3 is 0 Å². The molecule has 1 amide bonds. The summed E-state index contributed by atoms with van der Waals surface area (Å²) in [6.45, 7) is 0.681. The smallest absolute Gasteiger partial charge is 0.273 e. The zero-order valence-corrected chi connectivity index (χ0v) is 15.3. The predicted octanol–water partition coefficient (Wildman–Crippen LogP) is 3.93. The maximum absolute atomic E-state index is 14.8. The van der Waals surface area contributed by atoms with Gasteiger partial charge in [-0.15, -0.1) is 0 Å². The lowest BCUT2D eigenvalue weighted by Crippen LogP contribution is -2.24. The SMILES string of the molecule is Cn1cc2ccc(-c3ccc(CN4Cc5cccnc5C4=O)c(F)c3)cc2n1. The molecule has 0 spiro atoms. The maximum atomic E-state index is 14.8. The Morgan fingerprint density at radius 2 is 1.93 bits per heavy atom. The van der Waals surface area contributed by atoms with Gasteiger partial charge in [-0.25, -0.2) is 4.39 Å². The van der Waals surface area contributed by atoms with Crippen LogP contribution in [0, 0.1) is 5.82 Å². The van der Waals surface area contributed by atoms with Crippen LogP contribution >= 0.6 is 0 Å². The van der Waals surface area contributed by atoms with E-state index in [1.54, 1.807) is 21.8 Å². The fraction of sp³-hybridized carbons (Fsp3) is 0.136. The first kappa shape index (κ1) is 16.6. The summed E-state index contributed by atoms with van der Waals surface area (Å²) in [7, 11) is 1.88. The van der Waals surface area contributed by atoms with Crippen molar-refractivity contribution in [2.45, 2.75) is 13.1 Å². The Hall–Kier alpha value is -3.54. The number of benzene rings is 2. The summed E-state index contributed by atoms with van der Waals surface area (Å²) in [4.78, 5) is 18.2. The van der Waals surface area contributed by atoms with E-state index >= 15 is 0 Å². The van der Waals surface area contributed by atoms with E-state index in [0.717, 1.165) is 27.6 Å². The fourth-order valence-electron chi connectivity index (χ4n) is 3.69. The number of aromatic nitrogens is 3. The number of nitrogens with zero attached hydrogens (tertiary/aromatic N) is 4. The molecule has 2 aromatic carbocycles. The van der Waals surface area contributed by atoms with Crippen LogP contribution < -0.4 is 0 Å². The third-order valence-electron chi connectivity index (χ3n) is 5.11. The molecule has 4 aromatic rings. The van der Waals surface area contributed by atoms with Crippen LogP contribution in [0.15, 0.2) is 60.9 Å². The van der Waals surface area contributed by atoms with E-state index in [2.05, 4.69) is 10.1 Å². The van der Waals surface area contributed by atoms with Crippen LogP contribution in [0.25, 0.3) is 22.0 Å². The standard InChI is InChI=1S/C22H17FN4O/c1-26-11-17-7-5-15(10-20(17)25-26)14-4-6-16(19(23)9-14)12-27-13-18-3-2-8-24-21(18)22(27)28/h2-11H,12-13H2,1H3. The summed E-state index contributed by atoms with van der Waals surface area (Å²) >= 11 is 0. The first-order chi connectivity index (χ1) is 13.6. The lowest BCUT2D eigenvalue weighted by atomic mass is 10.0.